The average Bonchev–Trinajstić information content (AvgIpc) is 2.61. The van der Waals surface area contributed by atoms with Crippen LogP contribution in [0.15, 0.2) is 77.8 Å². The van der Waals surface area contributed by atoms with Crippen molar-refractivity contribution in [2.75, 3.05) is 0 Å². The number of rotatable bonds is 5. The van der Waals surface area contributed by atoms with Crippen LogP contribution in [0.2, 0.25) is 0 Å². The zero-order valence-electron chi connectivity index (χ0n) is 12.9. The maximum atomic E-state index is 9.32. The van der Waals surface area contributed by atoms with Gasteiger partial charge in [-0.05, 0) is 70.6 Å². The molecule has 0 atom stereocenters. The van der Waals surface area contributed by atoms with Crippen molar-refractivity contribution in [3.05, 3.63) is 87.5 Å². The summed E-state index contributed by atoms with van der Waals surface area (Å²) >= 11 is 2.27. The smallest absolute Gasteiger partial charge is 0.129 e. The van der Waals surface area contributed by atoms with E-state index >= 15 is 0 Å². The maximum absolute atomic E-state index is 9.32. The van der Waals surface area contributed by atoms with Crippen molar-refractivity contribution in [1.29, 1.82) is 0 Å². The van der Waals surface area contributed by atoms with Crippen molar-refractivity contribution in [2.45, 2.75) is 6.61 Å². The number of hydrogen-bond acceptors (Lipinski definition) is 3. The number of hydrogen-bond donors (Lipinski definition) is 1. The number of phenols is 1. The summed E-state index contributed by atoms with van der Waals surface area (Å²) in [4.78, 5) is 4.44. The Hall–Kier alpha value is -2.34. The topological polar surface area (TPSA) is 41.8 Å². The number of phenolic OH excluding ortho intramolecular Hbond substituents is 1. The summed E-state index contributed by atoms with van der Waals surface area (Å²) in [7, 11) is 0. The number of halogens is 1. The van der Waals surface area contributed by atoms with E-state index in [9.17, 15) is 5.11 Å². The van der Waals surface area contributed by atoms with Crippen LogP contribution in [0.3, 0.4) is 0 Å². The minimum Gasteiger partial charge on any atom is -0.508 e. The van der Waals surface area contributed by atoms with Crippen molar-refractivity contribution >= 4 is 34.5 Å². The van der Waals surface area contributed by atoms with Gasteiger partial charge in [0.15, 0.2) is 0 Å². The van der Waals surface area contributed by atoms with Crippen molar-refractivity contribution < 1.29 is 9.84 Å². The largest absolute Gasteiger partial charge is 0.508 e. The first-order chi connectivity index (χ1) is 11.7. The molecule has 0 radical (unpaired) electrons. The van der Waals surface area contributed by atoms with Crippen LogP contribution in [-0.4, -0.2) is 11.3 Å². The molecule has 0 amide bonds. The first kappa shape index (κ1) is 16.5. The number of ether oxygens (including phenoxy) is 1. The minimum atomic E-state index is 0.232. The molecule has 0 heterocycles. The van der Waals surface area contributed by atoms with Crippen molar-refractivity contribution in [3.63, 3.8) is 0 Å². The lowest BCUT2D eigenvalue weighted by Crippen LogP contribution is -1.98. The lowest BCUT2D eigenvalue weighted by atomic mass is 10.2. The van der Waals surface area contributed by atoms with Crippen LogP contribution in [0, 0.1) is 3.57 Å². The Morgan fingerprint density at radius 2 is 1.71 bits per heavy atom. The fourth-order valence-corrected chi connectivity index (χ4v) is 2.62. The van der Waals surface area contributed by atoms with Crippen molar-refractivity contribution in [2.24, 2.45) is 4.99 Å². The predicted molar refractivity (Wildman–Crippen MR) is 105 cm³/mol. The number of aliphatic imine (C=N–C) groups is 1. The normalized spacial score (nSPS) is 10.9. The molecule has 0 unspecified atom stereocenters. The molecule has 0 aliphatic carbocycles. The molecule has 3 nitrogen and oxygen atoms in total. The molecular formula is C20H16INO2. The van der Waals surface area contributed by atoms with E-state index in [0.717, 1.165) is 26.1 Å². The van der Waals surface area contributed by atoms with Crippen LogP contribution in [0.4, 0.5) is 5.69 Å². The molecule has 3 aromatic carbocycles. The minimum absolute atomic E-state index is 0.232. The Morgan fingerprint density at radius 3 is 2.46 bits per heavy atom. The molecule has 0 aliphatic rings. The fourth-order valence-electron chi connectivity index (χ4n) is 2.16. The van der Waals surface area contributed by atoms with Gasteiger partial charge >= 0.3 is 0 Å². The van der Waals surface area contributed by atoms with Crippen LogP contribution in [-0.2, 0) is 6.61 Å². The summed E-state index contributed by atoms with van der Waals surface area (Å²) in [5, 5.41) is 9.32. The van der Waals surface area contributed by atoms with E-state index < -0.39 is 0 Å². The highest BCUT2D eigenvalue weighted by molar-refractivity contribution is 14.1. The Kier molecular flexibility index (Phi) is 5.48. The molecule has 24 heavy (non-hydrogen) atoms. The fraction of sp³-hybridized carbons (Fsp3) is 0.0500. The summed E-state index contributed by atoms with van der Waals surface area (Å²) in [6, 6.07) is 22.9. The van der Waals surface area contributed by atoms with Gasteiger partial charge in [-0.3, -0.25) is 4.99 Å². The number of aromatic hydroxyl groups is 1. The molecule has 0 aliphatic heterocycles. The Balaban J connectivity index is 1.78. The molecular weight excluding hydrogens is 413 g/mol. The molecule has 0 bridgehead atoms. The highest BCUT2D eigenvalue weighted by Gasteiger charge is 2.04. The van der Waals surface area contributed by atoms with E-state index in [1.807, 2.05) is 48.5 Å². The van der Waals surface area contributed by atoms with Crippen LogP contribution < -0.4 is 4.74 Å². The third-order valence-electron chi connectivity index (χ3n) is 3.42. The van der Waals surface area contributed by atoms with Gasteiger partial charge in [-0.2, -0.15) is 0 Å². The van der Waals surface area contributed by atoms with Gasteiger partial charge < -0.3 is 9.84 Å². The van der Waals surface area contributed by atoms with E-state index in [2.05, 4.69) is 27.6 Å². The van der Waals surface area contributed by atoms with Gasteiger partial charge in [0, 0.05) is 15.3 Å². The standard InChI is InChI=1S/C20H16INO2/c21-17-7-6-16(13-22-18-8-10-19(23)11-9-18)20(12-17)24-14-15-4-2-1-3-5-15/h1-13,23H,14H2/b22-13+. The molecule has 0 saturated carbocycles. The molecule has 0 aromatic heterocycles. The van der Waals surface area contributed by atoms with Crippen LogP contribution in [0.5, 0.6) is 11.5 Å². The van der Waals surface area contributed by atoms with Crippen molar-refractivity contribution in [3.8, 4) is 11.5 Å². The second-order valence-electron chi connectivity index (χ2n) is 5.23. The first-order valence-corrected chi connectivity index (χ1v) is 8.58. The second-order valence-corrected chi connectivity index (χ2v) is 6.48. The van der Waals surface area contributed by atoms with Crippen LogP contribution in [0.25, 0.3) is 0 Å². The van der Waals surface area contributed by atoms with E-state index in [4.69, 9.17) is 4.74 Å². The van der Waals surface area contributed by atoms with Gasteiger partial charge in [0.1, 0.15) is 18.1 Å². The summed E-state index contributed by atoms with van der Waals surface area (Å²) < 4.78 is 7.08. The van der Waals surface area contributed by atoms with E-state index in [1.165, 1.54) is 0 Å². The second kappa shape index (κ2) is 7.97. The predicted octanol–water partition coefficient (Wildman–Crippen LogP) is 5.33. The van der Waals surface area contributed by atoms with Gasteiger partial charge in [-0.1, -0.05) is 30.3 Å². The summed E-state index contributed by atoms with van der Waals surface area (Å²) in [6.07, 6.45) is 1.78. The highest BCUT2D eigenvalue weighted by Crippen LogP contribution is 2.23. The summed E-state index contributed by atoms with van der Waals surface area (Å²) in [5.74, 6) is 1.03. The Labute approximate surface area is 154 Å². The zero-order valence-corrected chi connectivity index (χ0v) is 15.1. The average molecular weight is 429 g/mol. The van der Waals surface area contributed by atoms with Gasteiger partial charge in [-0.15, -0.1) is 0 Å². The molecule has 0 fully saturated rings. The monoisotopic (exact) mass is 429 g/mol. The SMILES string of the molecule is Oc1ccc(/N=C/c2ccc(I)cc2OCc2ccccc2)cc1. The molecule has 4 heteroatoms. The quantitative estimate of drug-likeness (QED) is 0.440. The molecule has 1 N–H and O–H groups in total. The molecule has 120 valence electrons. The summed E-state index contributed by atoms with van der Waals surface area (Å²) in [5.41, 5.74) is 2.82. The van der Waals surface area contributed by atoms with Gasteiger partial charge in [0.05, 0.1) is 5.69 Å². The van der Waals surface area contributed by atoms with E-state index in [1.54, 1.807) is 30.5 Å². The van der Waals surface area contributed by atoms with Gasteiger partial charge in [-0.25, -0.2) is 0 Å². The number of benzene rings is 3. The lowest BCUT2D eigenvalue weighted by Gasteiger charge is -2.10. The molecule has 0 spiro atoms. The van der Waals surface area contributed by atoms with Crippen molar-refractivity contribution in [1.82, 2.24) is 0 Å². The lowest BCUT2D eigenvalue weighted by molar-refractivity contribution is 0.305. The first-order valence-electron chi connectivity index (χ1n) is 7.50. The summed E-state index contributed by atoms with van der Waals surface area (Å²) in [6.45, 7) is 0.515. The van der Waals surface area contributed by atoms with Gasteiger partial charge in [0.25, 0.3) is 0 Å². The zero-order chi connectivity index (χ0) is 16.8. The van der Waals surface area contributed by atoms with Crippen LogP contribution in [0.1, 0.15) is 11.1 Å². The molecule has 3 rings (SSSR count). The Morgan fingerprint density at radius 1 is 0.958 bits per heavy atom. The van der Waals surface area contributed by atoms with Gasteiger partial charge in [0.2, 0.25) is 0 Å². The maximum Gasteiger partial charge on any atom is 0.129 e. The Bertz CT molecular complexity index is 830. The highest BCUT2D eigenvalue weighted by atomic mass is 127. The number of nitrogens with zero attached hydrogens (tertiary/aromatic N) is 1. The van der Waals surface area contributed by atoms with E-state index in [-0.39, 0.29) is 5.75 Å². The molecule has 0 saturated heterocycles. The third-order valence-corrected chi connectivity index (χ3v) is 4.09. The van der Waals surface area contributed by atoms with E-state index in [0.29, 0.717) is 6.61 Å². The third kappa shape index (κ3) is 4.58. The molecule has 3 aromatic rings. The van der Waals surface area contributed by atoms with Crippen LogP contribution >= 0.6 is 22.6 Å².